The van der Waals surface area contributed by atoms with E-state index in [1.807, 2.05) is 13.0 Å². The van der Waals surface area contributed by atoms with E-state index in [1.54, 1.807) is 18.8 Å². The molecule has 1 heterocycles. The highest BCUT2D eigenvalue weighted by molar-refractivity contribution is 5.94. The van der Waals surface area contributed by atoms with Gasteiger partial charge < -0.3 is 4.74 Å². The fourth-order valence-corrected chi connectivity index (χ4v) is 1.38. The summed E-state index contributed by atoms with van der Waals surface area (Å²) in [6, 6.07) is 1.81. The summed E-state index contributed by atoms with van der Waals surface area (Å²) in [5.41, 5.74) is 1.56. The van der Waals surface area contributed by atoms with Gasteiger partial charge >= 0.3 is 0 Å². The summed E-state index contributed by atoms with van der Waals surface area (Å²) in [4.78, 5) is 11.6. The smallest absolute Gasteiger partial charge is 0.180 e. The molecule has 0 spiro atoms. The molecule has 0 aromatic carbocycles. The molecule has 1 aromatic heterocycles. The predicted molar refractivity (Wildman–Crippen MR) is 53.4 cm³/mol. The lowest BCUT2D eigenvalue weighted by molar-refractivity contribution is 0.0954. The molecule has 0 bridgehead atoms. The molecule has 0 atom stereocenters. The summed E-state index contributed by atoms with van der Waals surface area (Å²) in [5, 5.41) is 4.12. The molecular formula is C10H16N2O2. The highest BCUT2D eigenvalue weighted by Crippen LogP contribution is 2.06. The SMILES string of the molecule is COCCCC(=O)c1cc(C)nn1C. The Hall–Kier alpha value is -1.16. The Morgan fingerprint density at radius 2 is 2.36 bits per heavy atom. The number of Topliss-reactive ketones (excluding diaryl/α,β-unsaturated/α-hetero) is 1. The van der Waals surface area contributed by atoms with Crippen LogP contribution in [0.3, 0.4) is 0 Å². The Kier molecular flexibility index (Phi) is 3.83. The van der Waals surface area contributed by atoms with E-state index in [1.165, 1.54) is 0 Å². The molecule has 0 saturated carbocycles. The van der Waals surface area contributed by atoms with E-state index < -0.39 is 0 Å². The number of hydrogen-bond acceptors (Lipinski definition) is 3. The average Bonchev–Trinajstić information content (AvgIpc) is 2.45. The Labute approximate surface area is 83.9 Å². The second-order valence-corrected chi connectivity index (χ2v) is 3.31. The third-order valence-corrected chi connectivity index (χ3v) is 2.04. The van der Waals surface area contributed by atoms with Gasteiger partial charge in [0.2, 0.25) is 0 Å². The predicted octanol–water partition coefficient (Wildman–Crippen LogP) is 1.34. The van der Waals surface area contributed by atoms with E-state index in [2.05, 4.69) is 5.10 Å². The van der Waals surface area contributed by atoms with E-state index in [9.17, 15) is 4.79 Å². The highest BCUT2D eigenvalue weighted by atomic mass is 16.5. The van der Waals surface area contributed by atoms with Gasteiger partial charge in [-0.2, -0.15) is 5.10 Å². The Balaban J connectivity index is 2.56. The Bertz CT molecular complexity index is 318. The van der Waals surface area contributed by atoms with Crippen LogP contribution in [-0.4, -0.2) is 29.3 Å². The van der Waals surface area contributed by atoms with Gasteiger partial charge in [0, 0.05) is 27.2 Å². The van der Waals surface area contributed by atoms with E-state index in [4.69, 9.17) is 4.74 Å². The second-order valence-electron chi connectivity index (χ2n) is 3.31. The van der Waals surface area contributed by atoms with Crippen molar-refractivity contribution in [2.45, 2.75) is 19.8 Å². The number of rotatable bonds is 5. The molecule has 0 unspecified atom stereocenters. The van der Waals surface area contributed by atoms with Crippen LogP contribution < -0.4 is 0 Å². The summed E-state index contributed by atoms with van der Waals surface area (Å²) >= 11 is 0. The molecule has 0 fully saturated rings. The van der Waals surface area contributed by atoms with Gasteiger partial charge in [-0.3, -0.25) is 9.48 Å². The third-order valence-electron chi connectivity index (χ3n) is 2.04. The van der Waals surface area contributed by atoms with Gasteiger partial charge in [0.1, 0.15) is 5.69 Å². The van der Waals surface area contributed by atoms with Crippen LogP contribution in [0.25, 0.3) is 0 Å². The number of hydrogen-bond donors (Lipinski definition) is 0. The molecule has 14 heavy (non-hydrogen) atoms. The van der Waals surface area contributed by atoms with Crippen LogP contribution in [0, 0.1) is 6.92 Å². The molecule has 4 heteroatoms. The van der Waals surface area contributed by atoms with Gasteiger partial charge in [-0.15, -0.1) is 0 Å². The minimum Gasteiger partial charge on any atom is -0.385 e. The van der Waals surface area contributed by atoms with E-state index in [0.29, 0.717) is 18.7 Å². The van der Waals surface area contributed by atoms with Gasteiger partial charge in [0.25, 0.3) is 0 Å². The summed E-state index contributed by atoms with van der Waals surface area (Å²) in [5.74, 6) is 0.130. The molecule has 0 amide bonds. The molecule has 0 aliphatic heterocycles. The molecule has 4 nitrogen and oxygen atoms in total. The quantitative estimate of drug-likeness (QED) is 0.527. The van der Waals surface area contributed by atoms with Crippen LogP contribution in [0.4, 0.5) is 0 Å². The lowest BCUT2D eigenvalue weighted by atomic mass is 10.1. The van der Waals surface area contributed by atoms with Crippen molar-refractivity contribution in [2.75, 3.05) is 13.7 Å². The minimum atomic E-state index is 0.130. The van der Waals surface area contributed by atoms with Gasteiger partial charge in [-0.25, -0.2) is 0 Å². The van der Waals surface area contributed by atoms with E-state index in [0.717, 1.165) is 12.1 Å². The number of aryl methyl sites for hydroxylation is 2. The molecular weight excluding hydrogens is 180 g/mol. The standard InChI is InChI=1S/C10H16N2O2/c1-8-7-9(12(2)11-8)10(13)5-4-6-14-3/h7H,4-6H2,1-3H3. The lowest BCUT2D eigenvalue weighted by Crippen LogP contribution is -2.07. The van der Waals surface area contributed by atoms with Crippen molar-refractivity contribution in [3.63, 3.8) is 0 Å². The van der Waals surface area contributed by atoms with Crippen molar-refractivity contribution in [3.8, 4) is 0 Å². The van der Waals surface area contributed by atoms with Gasteiger partial charge in [0.15, 0.2) is 5.78 Å². The van der Waals surface area contributed by atoms with Crippen molar-refractivity contribution in [2.24, 2.45) is 7.05 Å². The maximum atomic E-state index is 11.6. The first-order valence-electron chi connectivity index (χ1n) is 4.68. The summed E-state index contributed by atoms with van der Waals surface area (Å²) in [6.45, 7) is 2.51. The van der Waals surface area contributed by atoms with E-state index >= 15 is 0 Å². The summed E-state index contributed by atoms with van der Waals surface area (Å²) in [6.07, 6.45) is 1.28. The zero-order chi connectivity index (χ0) is 10.6. The molecule has 78 valence electrons. The summed E-state index contributed by atoms with van der Waals surface area (Å²) in [7, 11) is 3.43. The number of nitrogens with zero attached hydrogens (tertiary/aromatic N) is 2. The minimum absolute atomic E-state index is 0.130. The van der Waals surface area contributed by atoms with Crippen LogP contribution >= 0.6 is 0 Å². The second kappa shape index (κ2) is 4.91. The van der Waals surface area contributed by atoms with Crippen LogP contribution in [0.15, 0.2) is 6.07 Å². The average molecular weight is 196 g/mol. The Morgan fingerprint density at radius 1 is 1.64 bits per heavy atom. The molecule has 0 aliphatic carbocycles. The molecule has 1 rings (SSSR count). The number of ether oxygens (including phenoxy) is 1. The maximum absolute atomic E-state index is 11.6. The number of methoxy groups -OCH3 is 1. The first kappa shape index (κ1) is 10.9. The zero-order valence-corrected chi connectivity index (χ0v) is 8.91. The monoisotopic (exact) mass is 196 g/mol. The molecule has 0 N–H and O–H groups in total. The Morgan fingerprint density at radius 3 is 2.86 bits per heavy atom. The first-order valence-corrected chi connectivity index (χ1v) is 4.68. The molecule has 0 aliphatic rings. The molecule has 1 aromatic rings. The first-order chi connectivity index (χ1) is 6.65. The largest absolute Gasteiger partial charge is 0.385 e. The maximum Gasteiger partial charge on any atom is 0.180 e. The number of aromatic nitrogens is 2. The van der Waals surface area contributed by atoms with Gasteiger partial charge in [-0.05, 0) is 19.4 Å². The van der Waals surface area contributed by atoms with Gasteiger partial charge in [-0.1, -0.05) is 0 Å². The topological polar surface area (TPSA) is 44.1 Å². The third kappa shape index (κ3) is 2.67. The van der Waals surface area contributed by atoms with Crippen LogP contribution in [0.5, 0.6) is 0 Å². The van der Waals surface area contributed by atoms with Crippen LogP contribution in [0.1, 0.15) is 29.0 Å². The fourth-order valence-electron chi connectivity index (χ4n) is 1.38. The van der Waals surface area contributed by atoms with Crippen molar-refractivity contribution >= 4 is 5.78 Å². The molecule has 0 saturated heterocycles. The fraction of sp³-hybridized carbons (Fsp3) is 0.600. The lowest BCUT2D eigenvalue weighted by Gasteiger charge is -2.00. The van der Waals surface area contributed by atoms with Crippen molar-refractivity contribution < 1.29 is 9.53 Å². The normalized spacial score (nSPS) is 10.5. The summed E-state index contributed by atoms with van der Waals surface area (Å²) < 4.78 is 6.52. The van der Waals surface area contributed by atoms with Crippen LogP contribution in [0.2, 0.25) is 0 Å². The van der Waals surface area contributed by atoms with Crippen molar-refractivity contribution in [1.29, 1.82) is 0 Å². The van der Waals surface area contributed by atoms with Gasteiger partial charge in [0.05, 0.1) is 5.69 Å². The number of ketones is 1. The number of carbonyl (C=O) groups is 1. The van der Waals surface area contributed by atoms with Crippen LogP contribution in [-0.2, 0) is 11.8 Å². The van der Waals surface area contributed by atoms with Crippen molar-refractivity contribution in [3.05, 3.63) is 17.5 Å². The number of carbonyl (C=O) groups excluding carboxylic acids is 1. The highest BCUT2D eigenvalue weighted by Gasteiger charge is 2.10. The van der Waals surface area contributed by atoms with Crippen molar-refractivity contribution in [1.82, 2.24) is 9.78 Å². The van der Waals surface area contributed by atoms with E-state index in [-0.39, 0.29) is 5.78 Å². The molecule has 0 radical (unpaired) electrons. The zero-order valence-electron chi connectivity index (χ0n) is 8.91.